The number of nitrogens with one attached hydrogen (secondary N) is 1. The van der Waals surface area contributed by atoms with Crippen LogP contribution in [0.5, 0.6) is 0 Å². The fourth-order valence-corrected chi connectivity index (χ4v) is 2.56. The Kier molecular flexibility index (Phi) is 6.52. The number of aromatic nitrogens is 3. The molecule has 2 rings (SSSR count). The molecule has 8 heteroatoms. The van der Waals surface area contributed by atoms with Crippen molar-refractivity contribution in [3.63, 3.8) is 0 Å². The van der Waals surface area contributed by atoms with Gasteiger partial charge in [-0.25, -0.2) is 4.98 Å². The Bertz CT molecular complexity index is 729. The summed E-state index contributed by atoms with van der Waals surface area (Å²) in [5.41, 5.74) is 0.919. The van der Waals surface area contributed by atoms with E-state index >= 15 is 0 Å². The average Bonchev–Trinajstić information content (AvgIpc) is 3.10. The summed E-state index contributed by atoms with van der Waals surface area (Å²) >= 11 is 6.17. The van der Waals surface area contributed by atoms with Crippen LogP contribution in [0, 0.1) is 5.92 Å². The highest BCUT2D eigenvalue weighted by atomic mass is 35.5. The average molecular weight is 364 g/mol. The van der Waals surface area contributed by atoms with Gasteiger partial charge in [0.25, 0.3) is 5.91 Å². The number of carbonyl (C=O) groups excluding carboxylic acids is 2. The smallest absolute Gasteiger partial charge is 0.253 e. The van der Waals surface area contributed by atoms with E-state index in [4.69, 9.17) is 11.6 Å². The van der Waals surface area contributed by atoms with Crippen LogP contribution in [0.15, 0.2) is 30.9 Å². The zero-order valence-electron chi connectivity index (χ0n) is 14.6. The van der Waals surface area contributed by atoms with Crippen molar-refractivity contribution in [2.45, 2.75) is 27.3 Å². The summed E-state index contributed by atoms with van der Waals surface area (Å²) < 4.78 is 1.59. The highest BCUT2D eigenvalue weighted by Crippen LogP contribution is 2.24. The second kappa shape index (κ2) is 8.62. The Morgan fingerprint density at radius 2 is 2.04 bits per heavy atom. The second-order valence-electron chi connectivity index (χ2n) is 5.68. The van der Waals surface area contributed by atoms with Crippen molar-refractivity contribution in [2.75, 3.05) is 18.4 Å². The van der Waals surface area contributed by atoms with Crippen LogP contribution in [0.2, 0.25) is 5.02 Å². The lowest BCUT2D eigenvalue weighted by atomic mass is 10.1. The molecule has 7 nitrogen and oxygen atoms in total. The summed E-state index contributed by atoms with van der Waals surface area (Å²) in [7, 11) is 0. The second-order valence-corrected chi connectivity index (χ2v) is 6.09. The largest absolute Gasteiger partial charge is 0.339 e. The fourth-order valence-electron chi connectivity index (χ4n) is 2.39. The molecule has 134 valence electrons. The standard InChI is InChI=1S/C17H22ClN5O2/c1-4-22(5-2)17(25)13-6-7-14(18)15(8-13)21-16(24)12(3)9-23-11-19-10-20-23/h6-8,10-12H,4-5,9H2,1-3H3,(H,21,24)/t12-/m1/s1. The van der Waals surface area contributed by atoms with Crippen molar-refractivity contribution >= 4 is 29.1 Å². The molecule has 25 heavy (non-hydrogen) atoms. The summed E-state index contributed by atoms with van der Waals surface area (Å²) in [6, 6.07) is 4.90. The van der Waals surface area contributed by atoms with E-state index in [1.165, 1.54) is 6.33 Å². The number of rotatable bonds is 7. The Labute approximate surface area is 152 Å². The number of hydrogen-bond donors (Lipinski definition) is 1. The topological polar surface area (TPSA) is 80.1 Å². The van der Waals surface area contributed by atoms with Crippen LogP contribution >= 0.6 is 11.6 Å². The van der Waals surface area contributed by atoms with Crippen LogP contribution in [0.25, 0.3) is 0 Å². The number of anilines is 1. The van der Waals surface area contributed by atoms with E-state index in [9.17, 15) is 9.59 Å². The van der Waals surface area contributed by atoms with Crippen molar-refractivity contribution in [1.29, 1.82) is 0 Å². The summed E-state index contributed by atoms with van der Waals surface area (Å²) in [4.78, 5) is 30.4. The maximum absolute atomic E-state index is 12.5. The third-order valence-electron chi connectivity index (χ3n) is 3.90. The van der Waals surface area contributed by atoms with E-state index in [-0.39, 0.29) is 17.7 Å². The van der Waals surface area contributed by atoms with Gasteiger partial charge in [-0.3, -0.25) is 14.3 Å². The van der Waals surface area contributed by atoms with E-state index < -0.39 is 0 Å². The summed E-state index contributed by atoms with van der Waals surface area (Å²) in [6.45, 7) is 7.28. The molecule has 0 aliphatic carbocycles. The molecule has 0 aliphatic rings. The summed E-state index contributed by atoms with van der Waals surface area (Å²) in [6.07, 6.45) is 2.98. The van der Waals surface area contributed by atoms with Gasteiger partial charge < -0.3 is 10.2 Å². The zero-order chi connectivity index (χ0) is 18.4. The zero-order valence-corrected chi connectivity index (χ0v) is 15.3. The van der Waals surface area contributed by atoms with Gasteiger partial charge in [-0.05, 0) is 32.0 Å². The summed E-state index contributed by atoms with van der Waals surface area (Å²) in [5.74, 6) is -0.627. The first kappa shape index (κ1) is 18.9. The van der Waals surface area contributed by atoms with Crippen LogP contribution < -0.4 is 5.32 Å². The molecule has 0 radical (unpaired) electrons. The highest BCUT2D eigenvalue weighted by Gasteiger charge is 2.18. The lowest BCUT2D eigenvalue weighted by Gasteiger charge is -2.19. The van der Waals surface area contributed by atoms with Gasteiger partial charge in [0.05, 0.1) is 23.2 Å². The minimum Gasteiger partial charge on any atom is -0.339 e. The van der Waals surface area contributed by atoms with Gasteiger partial charge in [0.1, 0.15) is 12.7 Å². The first-order valence-corrected chi connectivity index (χ1v) is 8.56. The van der Waals surface area contributed by atoms with E-state index in [1.54, 1.807) is 41.0 Å². The molecule has 0 saturated heterocycles. The van der Waals surface area contributed by atoms with Crippen LogP contribution in [-0.4, -0.2) is 44.6 Å². The molecule has 0 aliphatic heterocycles. The minimum absolute atomic E-state index is 0.0900. The Balaban J connectivity index is 2.11. The van der Waals surface area contributed by atoms with E-state index in [2.05, 4.69) is 15.4 Å². The van der Waals surface area contributed by atoms with Gasteiger partial charge in [0, 0.05) is 18.7 Å². The lowest BCUT2D eigenvalue weighted by Crippen LogP contribution is -2.30. The van der Waals surface area contributed by atoms with Gasteiger partial charge in [-0.1, -0.05) is 18.5 Å². The van der Waals surface area contributed by atoms with Crippen molar-refractivity contribution < 1.29 is 9.59 Å². The summed E-state index contributed by atoms with van der Waals surface area (Å²) in [5, 5.41) is 7.16. The monoisotopic (exact) mass is 363 g/mol. The third kappa shape index (κ3) is 4.79. The number of amides is 2. The number of carbonyl (C=O) groups is 2. The Morgan fingerprint density at radius 1 is 1.32 bits per heavy atom. The van der Waals surface area contributed by atoms with E-state index in [0.717, 1.165) is 0 Å². The van der Waals surface area contributed by atoms with Gasteiger partial charge >= 0.3 is 0 Å². The molecule has 0 spiro atoms. The van der Waals surface area contributed by atoms with Crippen LogP contribution in [-0.2, 0) is 11.3 Å². The van der Waals surface area contributed by atoms with E-state index in [0.29, 0.717) is 35.9 Å². The van der Waals surface area contributed by atoms with E-state index in [1.807, 2.05) is 13.8 Å². The SMILES string of the molecule is CCN(CC)C(=O)c1ccc(Cl)c(NC(=O)[C@H](C)Cn2cncn2)c1. The molecule has 2 aromatic rings. The Hall–Kier alpha value is -2.41. The van der Waals surface area contributed by atoms with Gasteiger partial charge in [0.15, 0.2) is 0 Å². The van der Waals surface area contributed by atoms with Crippen molar-refractivity contribution in [3.8, 4) is 0 Å². The quantitative estimate of drug-likeness (QED) is 0.820. The number of hydrogen-bond acceptors (Lipinski definition) is 4. The first-order chi connectivity index (χ1) is 12.0. The molecule has 0 saturated carbocycles. The van der Waals surface area contributed by atoms with Gasteiger partial charge in [-0.2, -0.15) is 5.10 Å². The normalized spacial score (nSPS) is 11.8. The molecule has 0 fully saturated rings. The molecule has 1 aromatic carbocycles. The molecular weight excluding hydrogens is 342 g/mol. The number of benzene rings is 1. The molecule has 1 atom stereocenters. The third-order valence-corrected chi connectivity index (χ3v) is 4.23. The maximum atomic E-state index is 12.5. The number of halogens is 1. The molecule has 0 unspecified atom stereocenters. The van der Waals surface area contributed by atoms with Crippen LogP contribution in [0.4, 0.5) is 5.69 Å². The fraction of sp³-hybridized carbons (Fsp3) is 0.412. The molecule has 1 aromatic heterocycles. The maximum Gasteiger partial charge on any atom is 0.253 e. The number of nitrogens with zero attached hydrogens (tertiary/aromatic N) is 4. The minimum atomic E-state index is -0.333. The van der Waals surface area contributed by atoms with Crippen LogP contribution in [0.3, 0.4) is 0 Å². The lowest BCUT2D eigenvalue weighted by molar-refractivity contribution is -0.119. The predicted octanol–water partition coefficient (Wildman–Crippen LogP) is 2.69. The van der Waals surface area contributed by atoms with Gasteiger partial charge in [-0.15, -0.1) is 0 Å². The predicted molar refractivity (Wildman–Crippen MR) is 96.5 cm³/mol. The first-order valence-electron chi connectivity index (χ1n) is 8.18. The van der Waals surface area contributed by atoms with Crippen LogP contribution in [0.1, 0.15) is 31.1 Å². The molecule has 1 heterocycles. The molecular formula is C17H22ClN5O2. The Morgan fingerprint density at radius 3 is 2.64 bits per heavy atom. The molecule has 1 N–H and O–H groups in total. The van der Waals surface area contributed by atoms with Crippen molar-refractivity contribution in [1.82, 2.24) is 19.7 Å². The van der Waals surface area contributed by atoms with Crippen molar-refractivity contribution in [2.24, 2.45) is 5.92 Å². The molecule has 0 bridgehead atoms. The molecule has 2 amide bonds. The van der Waals surface area contributed by atoms with Gasteiger partial charge in [0.2, 0.25) is 5.91 Å². The highest BCUT2D eigenvalue weighted by molar-refractivity contribution is 6.33. The van der Waals surface area contributed by atoms with Crippen molar-refractivity contribution in [3.05, 3.63) is 41.4 Å².